The van der Waals surface area contributed by atoms with E-state index in [1.807, 2.05) is 12.1 Å². The van der Waals surface area contributed by atoms with Gasteiger partial charge in [0.25, 0.3) is 0 Å². The summed E-state index contributed by atoms with van der Waals surface area (Å²) in [7, 11) is 0. The molecule has 0 amide bonds. The third-order valence-electron chi connectivity index (χ3n) is 2.97. The fourth-order valence-electron chi connectivity index (χ4n) is 1.84. The van der Waals surface area contributed by atoms with Crippen LogP contribution in [-0.4, -0.2) is 11.0 Å². The summed E-state index contributed by atoms with van der Waals surface area (Å²) in [5.41, 5.74) is 3.24. The number of oxazole rings is 1. The summed E-state index contributed by atoms with van der Waals surface area (Å²) in [6.45, 7) is 2.88. The smallest absolute Gasteiger partial charge is 0.226 e. The standard InChI is InChI=1S/C14H16N2O/c1-10-3-2-4-11(7-10)14-16-13(9-17-14)8-15-12-5-6-12/h2-4,7,9,12,15H,5-6,8H2,1H3. The van der Waals surface area contributed by atoms with E-state index in [9.17, 15) is 0 Å². The molecule has 17 heavy (non-hydrogen) atoms. The highest BCUT2D eigenvalue weighted by molar-refractivity contribution is 5.54. The molecule has 1 aliphatic rings. The minimum Gasteiger partial charge on any atom is -0.444 e. The lowest BCUT2D eigenvalue weighted by atomic mass is 10.1. The van der Waals surface area contributed by atoms with Crippen LogP contribution in [0.3, 0.4) is 0 Å². The summed E-state index contributed by atoms with van der Waals surface area (Å²) in [5, 5.41) is 3.43. The van der Waals surface area contributed by atoms with Gasteiger partial charge in [-0.15, -0.1) is 0 Å². The number of nitrogens with one attached hydrogen (secondary N) is 1. The third kappa shape index (κ3) is 2.56. The first kappa shape index (κ1) is 10.5. The Kier molecular flexibility index (Phi) is 2.69. The van der Waals surface area contributed by atoms with Crippen LogP contribution < -0.4 is 5.32 Å². The second-order valence-electron chi connectivity index (χ2n) is 4.67. The third-order valence-corrected chi connectivity index (χ3v) is 2.97. The Hall–Kier alpha value is -1.61. The van der Waals surface area contributed by atoms with Crippen LogP contribution >= 0.6 is 0 Å². The van der Waals surface area contributed by atoms with E-state index in [1.165, 1.54) is 18.4 Å². The molecule has 0 spiro atoms. The van der Waals surface area contributed by atoms with Gasteiger partial charge in [-0.1, -0.05) is 17.7 Å². The Morgan fingerprint density at radius 2 is 2.29 bits per heavy atom. The zero-order valence-corrected chi connectivity index (χ0v) is 9.94. The number of benzene rings is 1. The molecule has 0 bridgehead atoms. The first-order valence-electron chi connectivity index (χ1n) is 6.06. The van der Waals surface area contributed by atoms with Crippen LogP contribution in [0.1, 0.15) is 24.1 Å². The number of aromatic nitrogens is 1. The Labute approximate surface area is 101 Å². The largest absolute Gasteiger partial charge is 0.444 e. The maximum atomic E-state index is 5.51. The van der Waals surface area contributed by atoms with Crippen molar-refractivity contribution in [2.75, 3.05) is 0 Å². The molecular weight excluding hydrogens is 212 g/mol. The van der Waals surface area contributed by atoms with Crippen LogP contribution in [0.2, 0.25) is 0 Å². The lowest BCUT2D eigenvalue weighted by Crippen LogP contribution is -2.15. The van der Waals surface area contributed by atoms with Crippen molar-refractivity contribution in [1.82, 2.24) is 10.3 Å². The van der Waals surface area contributed by atoms with Crippen molar-refractivity contribution >= 4 is 0 Å². The van der Waals surface area contributed by atoms with Crippen LogP contribution in [0.5, 0.6) is 0 Å². The highest BCUT2D eigenvalue weighted by Crippen LogP contribution is 2.21. The van der Waals surface area contributed by atoms with Crippen LogP contribution in [0, 0.1) is 6.92 Å². The number of hydrogen-bond acceptors (Lipinski definition) is 3. The fraction of sp³-hybridized carbons (Fsp3) is 0.357. The molecule has 1 saturated carbocycles. The van der Waals surface area contributed by atoms with Gasteiger partial charge < -0.3 is 9.73 Å². The van der Waals surface area contributed by atoms with Gasteiger partial charge in [0, 0.05) is 18.2 Å². The molecule has 0 aliphatic heterocycles. The zero-order valence-electron chi connectivity index (χ0n) is 9.94. The van der Waals surface area contributed by atoms with E-state index in [1.54, 1.807) is 6.26 Å². The van der Waals surface area contributed by atoms with Crippen molar-refractivity contribution in [3.8, 4) is 11.5 Å². The number of nitrogens with zero attached hydrogens (tertiary/aromatic N) is 1. The summed E-state index contributed by atoms with van der Waals surface area (Å²) in [6, 6.07) is 8.91. The second-order valence-corrected chi connectivity index (χ2v) is 4.67. The summed E-state index contributed by atoms with van der Waals surface area (Å²) >= 11 is 0. The van der Waals surface area contributed by atoms with Gasteiger partial charge in [-0.25, -0.2) is 4.98 Å². The average molecular weight is 228 g/mol. The van der Waals surface area contributed by atoms with Crippen molar-refractivity contribution in [3.05, 3.63) is 41.8 Å². The first-order valence-corrected chi connectivity index (χ1v) is 6.06. The second kappa shape index (κ2) is 4.34. The molecule has 3 heteroatoms. The average Bonchev–Trinajstić information content (AvgIpc) is 3.04. The Balaban J connectivity index is 1.74. The Morgan fingerprint density at radius 1 is 1.41 bits per heavy atom. The molecule has 3 nitrogen and oxygen atoms in total. The maximum Gasteiger partial charge on any atom is 0.226 e. The Morgan fingerprint density at radius 3 is 3.06 bits per heavy atom. The molecule has 3 rings (SSSR count). The van der Waals surface area contributed by atoms with E-state index in [-0.39, 0.29) is 0 Å². The number of aryl methyl sites for hydroxylation is 1. The van der Waals surface area contributed by atoms with Crippen LogP contribution in [-0.2, 0) is 6.54 Å². The number of rotatable bonds is 4. The van der Waals surface area contributed by atoms with Crippen molar-refractivity contribution < 1.29 is 4.42 Å². The molecule has 0 radical (unpaired) electrons. The van der Waals surface area contributed by atoms with Gasteiger partial charge in [-0.2, -0.15) is 0 Å². The molecule has 2 aromatic rings. The van der Waals surface area contributed by atoms with E-state index >= 15 is 0 Å². The van der Waals surface area contributed by atoms with Crippen LogP contribution in [0.15, 0.2) is 34.9 Å². The molecule has 1 aliphatic carbocycles. The molecule has 0 unspecified atom stereocenters. The summed E-state index contributed by atoms with van der Waals surface area (Å²) < 4.78 is 5.51. The quantitative estimate of drug-likeness (QED) is 0.874. The summed E-state index contributed by atoms with van der Waals surface area (Å²) in [6.07, 6.45) is 4.33. The summed E-state index contributed by atoms with van der Waals surface area (Å²) in [4.78, 5) is 4.49. The minimum absolute atomic E-state index is 0.703. The minimum atomic E-state index is 0.703. The topological polar surface area (TPSA) is 38.1 Å². The molecule has 1 heterocycles. The van der Waals surface area contributed by atoms with Gasteiger partial charge >= 0.3 is 0 Å². The van der Waals surface area contributed by atoms with Gasteiger partial charge in [-0.05, 0) is 31.9 Å². The molecule has 1 N–H and O–H groups in total. The van der Waals surface area contributed by atoms with E-state index in [0.29, 0.717) is 11.9 Å². The molecular formula is C14H16N2O. The van der Waals surface area contributed by atoms with E-state index in [4.69, 9.17) is 4.42 Å². The van der Waals surface area contributed by atoms with Crippen molar-refractivity contribution in [3.63, 3.8) is 0 Å². The zero-order chi connectivity index (χ0) is 11.7. The summed E-state index contributed by atoms with van der Waals surface area (Å²) in [5.74, 6) is 0.710. The van der Waals surface area contributed by atoms with Crippen molar-refractivity contribution in [2.24, 2.45) is 0 Å². The lowest BCUT2D eigenvalue weighted by Gasteiger charge is -1.97. The molecule has 1 fully saturated rings. The van der Waals surface area contributed by atoms with E-state index in [0.717, 1.165) is 17.8 Å². The predicted molar refractivity (Wildman–Crippen MR) is 66.5 cm³/mol. The molecule has 1 aromatic carbocycles. The van der Waals surface area contributed by atoms with Crippen molar-refractivity contribution in [1.29, 1.82) is 0 Å². The fourth-order valence-corrected chi connectivity index (χ4v) is 1.84. The molecule has 1 aromatic heterocycles. The monoisotopic (exact) mass is 228 g/mol. The van der Waals surface area contributed by atoms with Crippen LogP contribution in [0.25, 0.3) is 11.5 Å². The SMILES string of the molecule is Cc1cccc(-c2nc(CNC3CC3)co2)c1. The number of hydrogen-bond donors (Lipinski definition) is 1. The highest BCUT2D eigenvalue weighted by atomic mass is 16.3. The van der Waals surface area contributed by atoms with Gasteiger partial charge in [0.05, 0.1) is 5.69 Å². The van der Waals surface area contributed by atoms with Gasteiger partial charge in [0.15, 0.2) is 0 Å². The lowest BCUT2D eigenvalue weighted by molar-refractivity contribution is 0.570. The van der Waals surface area contributed by atoms with E-state index in [2.05, 4.69) is 29.4 Å². The van der Waals surface area contributed by atoms with E-state index < -0.39 is 0 Å². The molecule has 0 saturated heterocycles. The van der Waals surface area contributed by atoms with Gasteiger partial charge in [0.2, 0.25) is 5.89 Å². The molecule has 0 atom stereocenters. The normalized spacial score (nSPS) is 15.1. The Bertz CT molecular complexity index is 514. The predicted octanol–water partition coefficient (Wildman–Crippen LogP) is 2.90. The maximum absolute atomic E-state index is 5.51. The first-order chi connectivity index (χ1) is 8.31. The molecule has 88 valence electrons. The van der Waals surface area contributed by atoms with Crippen LogP contribution in [0.4, 0.5) is 0 Å². The van der Waals surface area contributed by atoms with Gasteiger partial charge in [0.1, 0.15) is 6.26 Å². The highest BCUT2D eigenvalue weighted by Gasteiger charge is 2.20. The van der Waals surface area contributed by atoms with Crippen molar-refractivity contribution in [2.45, 2.75) is 32.4 Å². The van der Waals surface area contributed by atoms with Gasteiger partial charge in [-0.3, -0.25) is 0 Å².